The zero-order valence-corrected chi connectivity index (χ0v) is 17.0. The van der Waals surface area contributed by atoms with Gasteiger partial charge in [-0.15, -0.1) is 13.2 Å². The van der Waals surface area contributed by atoms with Gasteiger partial charge in [-0.2, -0.15) is 5.10 Å². The highest BCUT2D eigenvalue weighted by atomic mass is 19.4. The smallest absolute Gasteiger partial charge is 0.402 e. The highest BCUT2D eigenvalue weighted by molar-refractivity contribution is 5.64. The van der Waals surface area contributed by atoms with E-state index < -0.39 is 18.5 Å². The Bertz CT molecular complexity index is 933. The maximum Gasteiger partial charge on any atom is 0.573 e. The minimum Gasteiger partial charge on any atom is -0.402 e. The van der Waals surface area contributed by atoms with Crippen molar-refractivity contribution in [3.05, 3.63) is 24.0 Å². The van der Waals surface area contributed by atoms with Crippen LogP contribution in [0.5, 0.6) is 5.75 Å². The second kappa shape index (κ2) is 7.92. The lowest BCUT2D eigenvalue weighted by atomic mass is 10.0. The Hall–Kier alpha value is -2.43. The molecule has 0 spiro atoms. The molecule has 2 aliphatic carbocycles. The van der Waals surface area contributed by atoms with Crippen molar-refractivity contribution in [1.82, 2.24) is 20.1 Å². The van der Waals surface area contributed by atoms with Crippen molar-refractivity contribution in [1.29, 1.82) is 0 Å². The average Bonchev–Trinajstić information content (AvgIpc) is 3.04. The lowest BCUT2D eigenvalue weighted by molar-refractivity contribution is -0.274. The number of nitrogen functional groups attached to an aromatic ring is 1. The Morgan fingerprint density at radius 2 is 1.90 bits per heavy atom. The third kappa shape index (κ3) is 4.60. The number of hydrogen-bond acceptors (Lipinski definition) is 5. The van der Waals surface area contributed by atoms with Crippen LogP contribution in [0.3, 0.4) is 0 Å². The molecule has 4 atom stereocenters. The number of hydrogen-bond donors (Lipinski definition) is 2. The topological polar surface area (TPSA) is 78.0 Å². The summed E-state index contributed by atoms with van der Waals surface area (Å²) in [6.07, 6.45) is -4.22. The number of anilines is 1. The fraction of sp³-hybridized carbons (Fsp3) is 0.600. The Labute approximate surface area is 176 Å². The van der Waals surface area contributed by atoms with Gasteiger partial charge < -0.3 is 15.8 Å². The van der Waals surface area contributed by atoms with Gasteiger partial charge in [0.25, 0.3) is 6.43 Å². The molecule has 170 valence electrons. The summed E-state index contributed by atoms with van der Waals surface area (Å²) in [5.41, 5.74) is 7.38. The van der Waals surface area contributed by atoms with Crippen LogP contribution in [-0.4, -0.2) is 40.1 Å². The van der Waals surface area contributed by atoms with E-state index in [2.05, 4.69) is 20.1 Å². The van der Waals surface area contributed by atoms with E-state index in [9.17, 15) is 22.0 Å². The van der Waals surface area contributed by atoms with Crippen LogP contribution in [0, 0.1) is 11.8 Å². The number of alkyl halides is 5. The van der Waals surface area contributed by atoms with E-state index in [1.165, 1.54) is 12.3 Å². The fourth-order valence-electron chi connectivity index (χ4n) is 4.72. The van der Waals surface area contributed by atoms with E-state index in [1.807, 2.05) is 24.6 Å². The summed E-state index contributed by atoms with van der Waals surface area (Å²) in [5, 5.41) is 7.51. The molecule has 2 aliphatic rings. The minimum absolute atomic E-state index is 0.0467. The van der Waals surface area contributed by atoms with Crippen LogP contribution >= 0.6 is 0 Å². The number of aromatic nitrogens is 3. The van der Waals surface area contributed by atoms with Crippen molar-refractivity contribution in [2.24, 2.45) is 11.8 Å². The van der Waals surface area contributed by atoms with Crippen LogP contribution in [-0.2, 0) is 0 Å². The van der Waals surface area contributed by atoms with Gasteiger partial charge in [0.2, 0.25) is 0 Å². The average molecular weight is 445 g/mol. The third-order valence-corrected chi connectivity index (χ3v) is 6.00. The van der Waals surface area contributed by atoms with Crippen LogP contribution in [0.2, 0.25) is 0 Å². The van der Waals surface area contributed by atoms with Crippen molar-refractivity contribution in [2.75, 3.05) is 12.3 Å². The van der Waals surface area contributed by atoms with Gasteiger partial charge in [-0.05, 0) is 50.7 Å². The monoisotopic (exact) mass is 445 g/mol. The quantitative estimate of drug-likeness (QED) is 0.620. The predicted molar refractivity (Wildman–Crippen MR) is 104 cm³/mol. The summed E-state index contributed by atoms with van der Waals surface area (Å²) in [7, 11) is 0. The Balaban J connectivity index is 1.54. The normalized spacial score (nSPS) is 25.3. The lowest BCUT2D eigenvalue weighted by Gasteiger charge is -2.17. The molecule has 0 aliphatic heterocycles. The Morgan fingerprint density at radius 1 is 1.23 bits per heavy atom. The summed E-state index contributed by atoms with van der Waals surface area (Å²) in [6.45, 7) is 3.66. The number of nitrogens with one attached hydrogen (secondary N) is 1. The molecule has 3 N–H and O–H groups in total. The van der Waals surface area contributed by atoms with Crippen LogP contribution in [0.25, 0.3) is 11.3 Å². The number of nitrogens with two attached hydrogens (primary N) is 1. The number of ether oxygens (including phenoxy) is 1. The SMILES string of the molecule is CC(C)n1nc(-c2cnc(N)c(OC(F)(F)F)c2)cc1C1[C@H]2CC(NCC(F)F)C[C@@H]12. The lowest BCUT2D eigenvalue weighted by Crippen LogP contribution is -2.32. The van der Waals surface area contributed by atoms with Gasteiger partial charge in [0.1, 0.15) is 0 Å². The van der Waals surface area contributed by atoms with E-state index in [1.54, 1.807) is 0 Å². The maximum absolute atomic E-state index is 12.6. The van der Waals surface area contributed by atoms with E-state index in [4.69, 9.17) is 5.73 Å². The molecule has 0 aromatic carbocycles. The van der Waals surface area contributed by atoms with Crippen molar-refractivity contribution in [2.45, 2.75) is 57.5 Å². The van der Waals surface area contributed by atoms with Gasteiger partial charge in [0, 0.05) is 35.5 Å². The van der Waals surface area contributed by atoms with Crippen LogP contribution in [0.1, 0.15) is 44.3 Å². The Morgan fingerprint density at radius 3 is 2.48 bits per heavy atom. The molecule has 11 heteroatoms. The highest BCUT2D eigenvalue weighted by Gasteiger charge is 2.57. The summed E-state index contributed by atoms with van der Waals surface area (Å²) in [6, 6.07) is 3.20. The third-order valence-electron chi connectivity index (χ3n) is 6.00. The number of fused-ring (bicyclic) bond motifs is 1. The molecule has 2 fully saturated rings. The molecule has 6 nitrogen and oxygen atoms in total. The summed E-state index contributed by atoms with van der Waals surface area (Å²) < 4.78 is 68.6. The standard InChI is InChI=1S/C20H24F5N5O/c1-9(2)30-15(18-12-4-11(5-13(12)18)27-8-17(21)22)6-14(29-30)10-3-16(19(26)28-7-10)31-20(23,24)25/h3,6-7,9,11-13,17-18,27H,4-5,8H2,1-2H3,(H2,26,28)/t11?,12-,13+,18?. The van der Waals surface area contributed by atoms with Gasteiger partial charge in [-0.25, -0.2) is 13.8 Å². The van der Waals surface area contributed by atoms with Crippen molar-refractivity contribution >= 4 is 5.82 Å². The first-order valence-corrected chi connectivity index (χ1v) is 10.2. The predicted octanol–water partition coefficient (Wildman–Crippen LogP) is 4.35. The van der Waals surface area contributed by atoms with E-state index in [0.29, 0.717) is 23.1 Å². The zero-order valence-electron chi connectivity index (χ0n) is 17.0. The molecule has 0 radical (unpaired) electrons. The molecule has 2 heterocycles. The van der Waals surface area contributed by atoms with Gasteiger partial charge in [0.05, 0.1) is 12.2 Å². The van der Waals surface area contributed by atoms with Crippen molar-refractivity contribution < 1.29 is 26.7 Å². The van der Waals surface area contributed by atoms with Gasteiger partial charge in [-0.3, -0.25) is 4.68 Å². The van der Waals surface area contributed by atoms with E-state index in [-0.39, 0.29) is 30.4 Å². The van der Waals surface area contributed by atoms with Gasteiger partial charge in [0.15, 0.2) is 11.6 Å². The summed E-state index contributed by atoms with van der Waals surface area (Å²) >= 11 is 0. The maximum atomic E-state index is 12.6. The van der Waals surface area contributed by atoms with Crippen LogP contribution < -0.4 is 15.8 Å². The molecule has 31 heavy (non-hydrogen) atoms. The van der Waals surface area contributed by atoms with Crippen LogP contribution in [0.4, 0.5) is 27.8 Å². The summed E-state index contributed by atoms with van der Waals surface area (Å²) in [5.74, 6) is 0.128. The molecule has 0 bridgehead atoms. The molecule has 4 rings (SSSR count). The number of rotatable bonds is 7. The second-order valence-corrected chi connectivity index (χ2v) is 8.47. The van der Waals surface area contributed by atoms with Gasteiger partial charge in [-0.1, -0.05) is 0 Å². The van der Waals surface area contributed by atoms with Crippen molar-refractivity contribution in [3.8, 4) is 17.0 Å². The van der Waals surface area contributed by atoms with Crippen LogP contribution in [0.15, 0.2) is 18.3 Å². The molecule has 0 amide bonds. The zero-order chi connectivity index (χ0) is 22.5. The molecule has 2 aromatic rings. The highest BCUT2D eigenvalue weighted by Crippen LogP contribution is 2.63. The van der Waals surface area contributed by atoms with Crippen molar-refractivity contribution in [3.63, 3.8) is 0 Å². The second-order valence-electron chi connectivity index (χ2n) is 8.47. The van der Waals surface area contributed by atoms with E-state index in [0.717, 1.165) is 18.5 Å². The number of halogens is 5. The van der Waals surface area contributed by atoms with Gasteiger partial charge >= 0.3 is 6.36 Å². The first kappa shape index (κ1) is 21.8. The number of nitrogens with zero attached hydrogens (tertiary/aromatic N) is 3. The molecule has 0 saturated heterocycles. The fourth-order valence-corrected chi connectivity index (χ4v) is 4.72. The molecule has 2 aromatic heterocycles. The number of pyridine rings is 1. The minimum atomic E-state index is -4.88. The molecular formula is C20H24F5N5O. The molecular weight excluding hydrogens is 421 g/mol. The van der Waals surface area contributed by atoms with E-state index >= 15 is 0 Å². The Kier molecular flexibility index (Phi) is 5.57. The first-order chi connectivity index (χ1) is 14.5. The largest absolute Gasteiger partial charge is 0.573 e. The molecule has 2 saturated carbocycles. The summed E-state index contributed by atoms with van der Waals surface area (Å²) in [4.78, 5) is 3.82. The first-order valence-electron chi connectivity index (χ1n) is 10.2. The molecule has 2 unspecified atom stereocenters.